The lowest BCUT2D eigenvalue weighted by atomic mass is 9.84. The number of amides is 2. The number of ether oxygens (including phenoxy) is 1. The highest BCUT2D eigenvalue weighted by Crippen LogP contribution is 2.30. The van der Waals surface area contributed by atoms with Crippen molar-refractivity contribution in [3.63, 3.8) is 0 Å². The Morgan fingerprint density at radius 2 is 1.76 bits per heavy atom. The highest BCUT2D eigenvalue weighted by Gasteiger charge is 2.41. The molecule has 1 aliphatic carbocycles. The van der Waals surface area contributed by atoms with E-state index in [4.69, 9.17) is 4.74 Å². The Labute approximate surface area is 155 Å². The van der Waals surface area contributed by atoms with Crippen LogP contribution in [-0.2, 0) is 14.3 Å². The Morgan fingerprint density at radius 3 is 2.24 bits per heavy atom. The molecule has 0 radical (unpaired) electrons. The quantitative estimate of drug-likeness (QED) is 0.791. The number of nitrogens with zero attached hydrogens (tertiary/aromatic N) is 1. The van der Waals surface area contributed by atoms with Crippen LogP contribution in [0.25, 0.3) is 0 Å². The first-order valence-corrected chi connectivity index (χ1v) is 9.96. The molecular formula is C20H40N2O3. The van der Waals surface area contributed by atoms with Gasteiger partial charge in [-0.2, -0.15) is 0 Å². The molecule has 5 nitrogen and oxygen atoms in total. The summed E-state index contributed by atoms with van der Waals surface area (Å²) < 4.78 is 5.97. The first-order chi connectivity index (χ1) is 11.8. The van der Waals surface area contributed by atoms with Crippen LogP contribution in [0.2, 0.25) is 0 Å². The van der Waals surface area contributed by atoms with Crippen LogP contribution in [0, 0.1) is 11.3 Å². The highest BCUT2D eigenvalue weighted by atomic mass is 16.5. The molecule has 1 saturated heterocycles. The topological polar surface area (TPSA) is 58.6 Å². The normalized spacial score (nSPS) is 22.1. The summed E-state index contributed by atoms with van der Waals surface area (Å²) in [5.74, 6) is 0.397. The van der Waals surface area contributed by atoms with Gasteiger partial charge in [-0.3, -0.25) is 9.59 Å². The fourth-order valence-electron chi connectivity index (χ4n) is 3.68. The van der Waals surface area contributed by atoms with E-state index < -0.39 is 6.04 Å². The van der Waals surface area contributed by atoms with E-state index in [2.05, 4.69) is 19.2 Å². The maximum absolute atomic E-state index is 12.7. The minimum atomic E-state index is -0.577. The summed E-state index contributed by atoms with van der Waals surface area (Å²) in [5, 5.41) is 2.79. The van der Waals surface area contributed by atoms with E-state index in [0.29, 0.717) is 12.5 Å². The molecule has 0 aromatic carbocycles. The van der Waals surface area contributed by atoms with Gasteiger partial charge in [0.1, 0.15) is 6.04 Å². The third-order valence-electron chi connectivity index (χ3n) is 4.96. The summed E-state index contributed by atoms with van der Waals surface area (Å²) in [6.45, 7) is 13.8. The van der Waals surface area contributed by atoms with Crippen molar-refractivity contribution >= 4 is 11.8 Å². The molecule has 148 valence electrons. The van der Waals surface area contributed by atoms with Gasteiger partial charge in [-0.25, -0.2) is 0 Å². The van der Waals surface area contributed by atoms with Gasteiger partial charge in [-0.05, 0) is 31.1 Å². The van der Waals surface area contributed by atoms with E-state index in [9.17, 15) is 9.59 Å². The second-order valence-electron chi connectivity index (χ2n) is 8.08. The molecule has 25 heavy (non-hydrogen) atoms. The Kier molecular flexibility index (Phi) is 8.91. The number of hydrogen-bond acceptors (Lipinski definition) is 3. The molecule has 0 aromatic rings. The molecule has 0 aromatic heterocycles. The van der Waals surface area contributed by atoms with Crippen molar-refractivity contribution in [3.8, 4) is 0 Å². The van der Waals surface area contributed by atoms with Gasteiger partial charge in [-0.1, -0.05) is 47.0 Å². The smallest absolute Gasteiger partial charge is 0.247 e. The first-order valence-electron chi connectivity index (χ1n) is 9.96. The van der Waals surface area contributed by atoms with Crippen molar-refractivity contribution in [1.82, 2.24) is 10.2 Å². The molecule has 1 aliphatic heterocycles. The number of rotatable bonds is 6. The van der Waals surface area contributed by atoms with Crippen LogP contribution in [0.1, 0.15) is 75.1 Å². The molecule has 1 heterocycles. The average Bonchev–Trinajstić information content (AvgIpc) is 2.57. The average molecular weight is 357 g/mol. The third-order valence-corrected chi connectivity index (χ3v) is 4.96. The van der Waals surface area contributed by atoms with Gasteiger partial charge in [0.15, 0.2) is 0 Å². The zero-order chi connectivity index (χ0) is 19.0. The SMILES string of the molecule is CC.CC(=O)NC(C(=O)N1CC(C)(C)C1)C(C)OCC1CCCCC1.[HH]. The Hall–Kier alpha value is -1.10. The van der Waals surface area contributed by atoms with Crippen LogP contribution in [0.4, 0.5) is 0 Å². The number of carbonyl (C=O) groups excluding carboxylic acids is 2. The van der Waals surface area contributed by atoms with Crippen LogP contribution < -0.4 is 5.32 Å². The maximum atomic E-state index is 12.7. The van der Waals surface area contributed by atoms with Gasteiger partial charge in [0, 0.05) is 28.0 Å². The molecule has 2 unspecified atom stereocenters. The zero-order valence-corrected chi connectivity index (χ0v) is 17.1. The van der Waals surface area contributed by atoms with E-state index in [-0.39, 0.29) is 24.8 Å². The van der Waals surface area contributed by atoms with Crippen molar-refractivity contribution in [2.75, 3.05) is 19.7 Å². The predicted octanol–water partition coefficient (Wildman–Crippen LogP) is 3.62. The van der Waals surface area contributed by atoms with Gasteiger partial charge in [-0.15, -0.1) is 0 Å². The third kappa shape index (κ3) is 6.96. The van der Waals surface area contributed by atoms with Gasteiger partial charge in [0.05, 0.1) is 6.10 Å². The fourth-order valence-corrected chi connectivity index (χ4v) is 3.68. The second-order valence-corrected chi connectivity index (χ2v) is 8.08. The van der Waals surface area contributed by atoms with E-state index in [1.165, 1.54) is 39.0 Å². The molecule has 2 aliphatic rings. The van der Waals surface area contributed by atoms with E-state index in [0.717, 1.165) is 13.1 Å². The Balaban J connectivity index is 0.00000201. The second kappa shape index (κ2) is 10.1. The molecule has 5 heteroatoms. The largest absolute Gasteiger partial charge is 0.376 e. The highest BCUT2D eigenvalue weighted by molar-refractivity contribution is 5.88. The number of carbonyl (C=O) groups is 2. The minimum absolute atomic E-state index is 0. The molecule has 2 atom stereocenters. The number of likely N-dealkylation sites (tertiary alicyclic amines) is 1. The summed E-state index contributed by atoms with van der Waals surface area (Å²) in [4.78, 5) is 26.0. The van der Waals surface area contributed by atoms with E-state index in [1.54, 1.807) is 0 Å². The van der Waals surface area contributed by atoms with Crippen molar-refractivity contribution in [2.24, 2.45) is 11.3 Å². The van der Waals surface area contributed by atoms with E-state index in [1.807, 2.05) is 25.7 Å². The van der Waals surface area contributed by atoms with Crippen LogP contribution in [-0.4, -0.2) is 48.6 Å². The summed E-state index contributed by atoms with van der Waals surface area (Å²) in [7, 11) is 0. The monoisotopic (exact) mass is 356 g/mol. The van der Waals surface area contributed by atoms with Crippen LogP contribution >= 0.6 is 0 Å². The predicted molar refractivity (Wildman–Crippen MR) is 103 cm³/mol. The molecule has 1 saturated carbocycles. The molecule has 0 bridgehead atoms. The van der Waals surface area contributed by atoms with Crippen molar-refractivity contribution in [3.05, 3.63) is 0 Å². The van der Waals surface area contributed by atoms with Crippen molar-refractivity contribution < 1.29 is 15.8 Å². The molecule has 2 amide bonds. The summed E-state index contributed by atoms with van der Waals surface area (Å²) >= 11 is 0. The standard InChI is InChI=1S/C18H32N2O3.C2H6.H2/c1-13(23-10-15-8-6-5-7-9-15)16(19-14(2)21)17(22)20-11-18(3,4)12-20;1-2;/h13,15-16H,5-12H2,1-4H3,(H,19,21);1-2H3;1H. The van der Waals surface area contributed by atoms with Crippen LogP contribution in [0.3, 0.4) is 0 Å². The zero-order valence-electron chi connectivity index (χ0n) is 17.1. The van der Waals surface area contributed by atoms with Gasteiger partial charge >= 0.3 is 0 Å². The first kappa shape index (κ1) is 21.9. The van der Waals surface area contributed by atoms with Gasteiger partial charge < -0.3 is 15.0 Å². The summed E-state index contributed by atoms with van der Waals surface area (Å²) in [5.41, 5.74) is 0.183. The van der Waals surface area contributed by atoms with E-state index >= 15 is 0 Å². The van der Waals surface area contributed by atoms with Crippen molar-refractivity contribution in [1.29, 1.82) is 0 Å². The number of nitrogens with one attached hydrogen (secondary N) is 1. The minimum Gasteiger partial charge on any atom is -0.376 e. The molecular weight excluding hydrogens is 316 g/mol. The molecule has 0 spiro atoms. The summed E-state index contributed by atoms with van der Waals surface area (Å²) in [6.07, 6.45) is 6.01. The number of hydrogen-bond donors (Lipinski definition) is 1. The fraction of sp³-hybridized carbons (Fsp3) is 0.900. The maximum Gasteiger partial charge on any atom is 0.247 e. The van der Waals surface area contributed by atoms with Crippen LogP contribution in [0.15, 0.2) is 0 Å². The summed E-state index contributed by atoms with van der Waals surface area (Å²) in [6, 6.07) is -0.577. The van der Waals surface area contributed by atoms with Crippen LogP contribution in [0.5, 0.6) is 0 Å². The van der Waals surface area contributed by atoms with Gasteiger partial charge in [0.25, 0.3) is 0 Å². The lowest BCUT2D eigenvalue weighted by Gasteiger charge is -2.47. The Morgan fingerprint density at radius 1 is 1.20 bits per heavy atom. The molecule has 1 N–H and O–H groups in total. The van der Waals surface area contributed by atoms with Gasteiger partial charge in [0.2, 0.25) is 11.8 Å². The lowest BCUT2D eigenvalue weighted by molar-refractivity contribution is -0.150. The van der Waals surface area contributed by atoms with Crippen molar-refractivity contribution in [2.45, 2.75) is 85.8 Å². The Bertz CT molecular complexity index is 429. The lowest BCUT2D eigenvalue weighted by Crippen LogP contribution is -2.62. The molecule has 2 rings (SSSR count). The molecule has 2 fully saturated rings.